The van der Waals surface area contributed by atoms with Crippen molar-refractivity contribution in [3.05, 3.63) is 42.5 Å². The Morgan fingerprint density at radius 2 is 2.00 bits per heavy atom. The van der Waals surface area contributed by atoms with Crippen LogP contribution in [0.5, 0.6) is 5.75 Å². The van der Waals surface area contributed by atoms with Crippen molar-refractivity contribution in [1.82, 2.24) is 4.98 Å². The van der Waals surface area contributed by atoms with Gasteiger partial charge in [-0.25, -0.2) is 4.98 Å². The van der Waals surface area contributed by atoms with Crippen molar-refractivity contribution in [2.24, 2.45) is 5.92 Å². The molecule has 0 saturated carbocycles. The van der Waals surface area contributed by atoms with Gasteiger partial charge >= 0.3 is 0 Å². The van der Waals surface area contributed by atoms with Gasteiger partial charge in [0.15, 0.2) is 5.58 Å². The number of anilines is 1. The molecule has 0 bridgehead atoms. The van der Waals surface area contributed by atoms with Crippen LogP contribution in [0.4, 0.5) is 5.69 Å². The van der Waals surface area contributed by atoms with Crippen LogP contribution < -0.4 is 10.1 Å². The molecule has 0 radical (unpaired) electrons. The first-order valence-electron chi connectivity index (χ1n) is 7.62. The summed E-state index contributed by atoms with van der Waals surface area (Å²) in [5.41, 5.74) is 3.45. The predicted molar refractivity (Wildman–Crippen MR) is 90.7 cm³/mol. The molecule has 0 aliphatic heterocycles. The number of benzene rings is 2. The second-order valence-corrected chi connectivity index (χ2v) is 5.57. The summed E-state index contributed by atoms with van der Waals surface area (Å²) >= 11 is 0. The first-order valence-corrected chi connectivity index (χ1v) is 7.62. The summed E-state index contributed by atoms with van der Waals surface area (Å²) in [6.07, 6.45) is 0. The molecule has 0 unspecified atom stereocenters. The molecule has 3 rings (SSSR count). The van der Waals surface area contributed by atoms with Crippen molar-refractivity contribution in [3.63, 3.8) is 0 Å². The van der Waals surface area contributed by atoms with E-state index in [4.69, 9.17) is 14.3 Å². The highest BCUT2D eigenvalue weighted by atomic mass is 16.5. The number of hydrogen-bond donors (Lipinski definition) is 2. The lowest BCUT2D eigenvalue weighted by Crippen LogP contribution is -2.11. The van der Waals surface area contributed by atoms with E-state index in [-0.39, 0.29) is 12.5 Å². The Hall–Kier alpha value is -2.53. The molecule has 0 spiro atoms. The van der Waals surface area contributed by atoms with Gasteiger partial charge in [0.1, 0.15) is 11.3 Å². The number of rotatable bonds is 6. The molecule has 1 atom stereocenters. The van der Waals surface area contributed by atoms with Crippen molar-refractivity contribution in [2.75, 3.05) is 25.6 Å². The van der Waals surface area contributed by atoms with Crippen LogP contribution in [-0.4, -0.2) is 30.4 Å². The quantitative estimate of drug-likeness (QED) is 0.728. The molecule has 2 aromatic carbocycles. The molecule has 5 heteroatoms. The Labute approximate surface area is 134 Å². The minimum Gasteiger partial charge on any atom is -0.493 e. The SMILES string of the molecule is CNc1ccc(-c2nc3cc(OC[C@H](C)CO)ccc3o2)cc1. The summed E-state index contributed by atoms with van der Waals surface area (Å²) in [7, 11) is 1.88. The molecule has 120 valence electrons. The van der Waals surface area contributed by atoms with Crippen LogP contribution in [0.1, 0.15) is 6.92 Å². The highest BCUT2D eigenvalue weighted by Crippen LogP contribution is 2.27. The largest absolute Gasteiger partial charge is 0.493 e. The molecular formula is C18H20N2O3. The van der Waals surface area contributed by atoms with Gasteiger partial charge in [0, 0.05) is 36.9 Å². The molecule has 0 saturated heterocycles. The summed E-state index contributed by atoms with van der Waals surface area (Å²) in [6.45, 7) is 2.51. The van der Waals surface area contributed by atoms with Crippen LogP contribution in [-0.2, 0) is 0 Å². The molecule has 0 fully saturated rings. The Balaban J connectivity index is 1.83. The Morgan fingerprint density at radius 3 is 2.70 bits per heavy atom. The van der Waals surface area contributed by atoms with Crippen molar-refractivity contribution in [1.29, 1.82) is 0 Å². The predicted octanol–water partition coefficient (Wildman–Crippen LogP) is 3.54. The van der Waals surface area contributed by atoms with Crippen molar-refractivity contribution in [3.8, 4) is 17.2 Å². The van der Waals surface area contributed by atoms with E-state index in [1.165, 1.54) is 0 Å². The lowest BCUT2D eigenvalue weighted by molar-refractivity contribution is 0.174. The zero-order valence-electron chi connectivity index (χ0n) is 13.2. The van der Waals surface area contributed by atoms with Gasteiger partial charge < -0.3 is 19.6 Å². The minimum absolute atomic E-state index is 0.101. The van der Waals surface area contributed by atoms with Crippen LogP contribution >= 0.6 is 0 Å². The third-order valence-electron chi connectivity index (χ3n) is 3.63. The van der Waals surface area contributed by atoms with Gasteiger partial charge in [-0.1, -0.05) is 6.92 Å². The molecule has 0 aliphatic carbocycles. The average Bonchev–Trinajstić information content (AvgIpc) is 3.03. The maximum atomic E-state index is 9.04. The first kappa shape index (κ1) is 15.4. The van der Waals surface area contributed by atoms with Gasteiger partial charge in [-0.15, -0.1) is 0 Å². The summed E-state index contributed by atoms with van der Waals surface area (Å²) in [5, 5.41) is 12.1. The van der Waals surface area contributed by atoms with Gasteiger partial charge in [0.2, 0.25) is 5.89 Å². The average molecular weight is 312 g/mol. The van der Waals surface area contributed by atoms with Crippen LogP contribution in [0, 0.1) is 5.92 Å². The molecule has 1 aromatic heterocycles. The first-order chi connectivity index (χ1) is 11.2. The smallest absolute Gasteiger partial charge is 0.227 e. The minimum atomic E-state index is 0.101. The molecule has 0 amide bonds. The molecule has 5 nitrogen and oxygen atoms in total. The number of oxazole rings is 1. The number of fused-ring (bicyclic) bond motifs is 1. The zero-order valence-corrected chi connectivity index (χ0v) is 13.2. The lowest BCUT2D eigenvalue weighted by atomic mass is 10.2. The zero-order chi connectivity index (χ0) is 16.2. The number of aliphatic hydroxyl groups is 1. The monoisotopic (exact) mass is 312 g/mol. The molecule has 0 aliphatic rings. The third kappa shape index (κ3) is 3.46. The number of aliphatic hydroxyl groups excluding tert-OH is 1. The fraction of sp³-hybridized carbons (Fsp3) is 0.278. The highest BCUT2D eigenvalue weighted by Gasteiger charge is 2.10. The Kier molecular flexibility index (Phi) is 4.48. The Bertz CT molecular complexity index is 781. The summed E-state index contributed by atoms with van der Waals surface area (Å²) in [5.74, 6) is 1.41. The Morgan fingerprint density at radius 1 is 1.22 bits per heavy atom. The van der Waals surface area contributed by atoms with Crippen LogP contribution in [0.25, 0.3) is 22.6 Å². The summed E-state index contributed by atoms with van der Waals surface area (Å²) in [4.78, 5) is 4.53. The number of ether oxygens (including phenoxy) is 1. The van der Waals surface area contributed by atoms with Crippen molar-refractivity contribution < 1.29 is 14.3 Å². The highest BCUT2D eigenvalue weighted by molar-refractivity contribution is 5.78. The molecule has 1 heterocycles. The number of aromatic nitrogens is 1. The molecule has 2 N–H and O–H groups in total. The standard InChI is InChI=1S/C18H20N2O3/c1-12(10-21)11-22-15-7-8-17-16(9-15)20-18(23-17)13-3-5-14(19-2)6-4-13/h3-9,12,19,21H,10-11H2,1-2H3/t12-/m1/s1. The summed E-state index contributed by atoms with van der Waals surface area (Å²) in [6, 6.07) is 13.5. The number of nitrogens with one attached hydrogen (secondary N) is 1. The second kappa shape index (κ2) is 6.71. The molecular weight excluding hydrogens is 292 g/mol. The van der Waals surface area contributed by atoms with E-state index in [9.17, 15) is 0 Å². The van der Waals surface area contributed by atoms with Crippen molar-refractivity contribution in [2.45, 2.75) is 6.92 Å². The van der Waals surface area contributed by atoms with E-state index < -0.39 is 0 Å². The number of hydrogen-bond acceptors (Lipinski definition) is 5. The van der Waals surface area contributed by atoms with E-state index in [1.807, 2.05) is 56.4 Å². The van der Waals surface area contributed by atoms with Gasteiger partial charge in [0.05, 0.1) is 6.61 Å². The maximum Gasteiger partial charge on any atom is 0.227 e. The van der Waals surface area contributed by atoms with Crippen LogP contribution in [0.2, 0.25) is 0 Å². The molecule has 23 heavy (non-hydrogen) atoms. The normalized spacial score (nSPS) is 12.3. The van der Waals surface area contributed by atoms with Crippen LogP contribution in [0.3, 0.4) is 0 Å². The summed E-state index contributed by atoms with van der Waals surface area (Å²) < 4.78 is 11.5. The van der Waals surface area contributed by atoms with Gasteiger partial charge in [0.25, 0.3) is 0 Å². The fourth-order valence-electron chi connectivity index (χ4n) is 2.19. The topological polar surface area (TPSA) is 67.5 Å². The van der Waals surface area contributed by atoms with E-state index in [0.717, 1.165) is 28.1 Å². The van der Waals surface area contributed by atoms with Gasteiger partial charge in [-0.3, -0.25) is 0 Å². The van der Waals surface area contributed by atoms with E-state index in [0.29, 0.717) is 12.5 Å². The third-order valence-corrected chi connectivity index (χ3v) is 3.63. The maximum absolute atomic E-state index is 9.04. The van der Waals surface area contributed by atoms with Gasteiger partial charge in [-0.05, 0) is 36.4 Å². The van der Waals surface area contributed by atoms with Crippen molar-refractivity contribution >= 4 is 16.8 Å². The fourth-order valence-corrected chi connectivity index (χ4v) is 2.19. The van der Waals surface area contributed by atoms with E-state index >= 15 is 0 Å². The lowest BCUT2D eigenvalue weighted by Gasteiger charge is -2.09. The number of nitrogens with zero attached hydrogens (tertiary/aromatic N) is 1. The second-order valence-electron chi connectivity index (χ2n) is 5.57. The van der Waals surface area contributed by atoms with E-state index in [2.05, 4.69) is 10.3 Å². The van der Waals surface area contributed by atoms with E-state index in [1.54, 1.807) is 0 Å². The van der Waals surface area contributed by atoms with Crippen LogP contribution in [0.15, 0.2) is 46.9 Å². The molecule has 3 aromatic rings. The van der Waals surface area contributed by atoms with Gasteiger partial charge in [-0.2, -0.15) is 0 Å².